The van der Waals surface area contributed by atoms with Gasteiger partial charge >= 0.3 is 5.97 Å². The summed E-state index contributed by atoms with van der Waals surface area (Å²) >= 11 is 0. The van der Waals surface area contributed by atoms with Gasteiger partial charge in [-0.15, -0.1) is 0 Å². The number of carbonyl (C=O) groups is 1. The first-order valence-electron chi connectivity index (χ1n) is 19.1. The average molecular weight is 749 g/mol. The zero-order chi connectivity index (χ0) is 39.7. The lowest BCUT2D eigenvalue weighted by Crippen LogP contribution is -2.60. The molecule has 3 aliphatic heterocycles. The van der Waals surface area contributed by atoms with E-state index in [-0.39, 0.29) is 37.3 Å². The smallest absolute Gasteiger partial charge is 0.311 e. The Balaban J connectivity index is 2.17. The van der Waals surface area contributed by atoms with Crippen LogP contribution in [0, 0.1) is 17.8 Å². The molecule has 3 aliphatic rings. The highest BCUT2D eigenvalue weighted by Gasteiger charge is 2.52. The van der Waals surface area contributed by atoms with E-state index in [1.165, 1.54) is 14.0 Å². The van der Waals surface area contributed by atoms with Crippen molar-refractivity contribution in [2.75, 3.05) is 34.8 Å². The third-order valence-corrected chi connectivity index (χ3v) is 12.2. The van der Waals surface area contributed by atoms with Gasteiger partial charge in [-0.3, -0.25) is 4.79 Å². The maximum atomic E-state index is 14.2. The SMILES string of the molecule is CCC1OC(=O)[C@H](C)[C@@H](O[C@H]2C[C@@](C)(OC)[C@@H](O)[C@H](C)O2)C(C)[C@@H](O[C@@H]2O[C@H](C)C[C@H](N(C)C)[C@H]2O)[C@](C)(O)C[C@@H](C)CN(C)[C@H](C)[C@@H](O)[C@]1(C)O. The summed E-state index contributed by atoms with van der Waals surface area (Å²) < 4.78 is 37.5. The third kappa shape index (κ3) is 10.0. The predicted octanol–water partition coefficient (Wildman–Crippen LogP) is 1.90. The maximum Gasteiger partial charge on any atom is 0.311 e. The van der Waals surface area contributed by atoms with Crippen LogP contribution < -0.4 is 0 Å². The second-order valence-corrected chi connectivity index (χ2v) is 17.2. The van der Waals surface area contributed by atoms with Crippen LogP contribution in [0.3, 0.4) is 0 Å². The Hall–Kier alpha value is -1.01. The standard InChI is InChI=1S/C38H72N2O12/c1-15-27-38(10,46)31(42)24(6)40(13)19-20(2)17-36(8,45)33(52-35-29(41)26(39(11)12)16-21(3)48-35)22(4)30(23(5)34(44)50-27)51-28-18-37(9,47-14)32(43)25(7)49-28/h20-33,35,41-43,45-46H,15-19H2,1-14H3/t20-,21-,22?,23-,24-,25+,26+,27?,28+,29-,30+,31-,32+,33-,35+,36-,37-,38-/m1/s1. The highest BCUT2D eigenvalue weighted by Crippen LogP contribution is 2.40. The van der Waals surface area contributed by atoms with E-state index in [9.17, 15) is 30.3 Å². The van der Waals surface area contributed by atoms with Crippen LogP contribution in [0.25, 0.3) is 0 Å². The zero-order valence-corrected chi connectivity index (χ0v) is 34.2. The van der Waals surface area contributed by atoms with E-state index in [1.807, 2.05) is 51.7 Å². The topological polar surface area (TPSA) is 180 Å². The van der Waals surface area contributed by atoms with Crippen molar-refractivity contribution in [2.24, 2.45) is 17.8 Å². The van der Waals surface area contributed by atoms with Gasteiger partial charge in [0.05, 0.1) is 41.5 Å². The average Bonchev–Trinajstić information content (AvgIpc) is 3.05. The van der Waals surface area contributed by atoms with E-state index >= 15 is 0 Å². The Kier molecular flexibility index (Phi) is 15.6. The minimum absolute atomic E-state index is 0.133. The zero-order valence-electron chi connectivity index (χ0n) is 34.2. The Labute approximate surface area is 312 Å². The van der Waals surface area contributed by atoms with Gasteiger partial charge in [-0.25, -0.2) is 0 Å². The largest absolute Gasteiger partial charge is 0.459 e. The summed E-state index contributed by atoms with van der Waals surface area (Å²) in [5, 5.41) is 58.1. The number of hydrogen-bond donors (Lipinski definition) is 5. The van der Waals surface area contributed by atoms with Gasteiger partial charge in [0.15, 0.2) is 12.6 Å². The number of methoxy groups -OCH3 is 1. The van der Waals surface area contributed by atoms with E-state index < -0.39 is 96.0 Å². The molecule has 0 aromatic rings. The van der Waals surface area contributed by atoms with Crippen LogP contribution in [0.4, 0.5) is 0 Å². The van der Waals surface area contributed by atoms with Crippen LogP contribution in [0.1, 0.15) is 94.9 Å². The molecule has 3 rings (SSSR count). The molecule has 3 saturated heterocycles. The molecule has 5 N–H and O–H groups in total. The van der Waals surface area contributed by atoms with E-state index in [0.717, 1.165) is 0 Å². The molecular weight excluding hydrogens is 676 g/mol. The number of hydrogen-bond acceptors (Lipinski definition) is 14. The monoisotopic (exact) mass is 749 g/mol. The van der Waals surface area contributed by atoms with Gasteiger partial charge < -0.3 is 63.8 Å². The molecule has 52 heavy (non-hydrogen) atoms. The maximum absolute atomic E-state index is 14.2. The molecular formula is C38H72N2O12. The Morgan fingerprint density at radius 3 is 2.12 bits per heavy atom. The molecule has 14 heteroatoms. The van der Waals surface area contributed by atoms with Crippen molar-refractivity contribution in [1.82, 2.24) is 9.80 Å². The van der Waals surface area contributed by atoms with Crippen LogP contribution in [0.15, 0.2) is 0 Å². The minimum atomic E-state index is -1.80. The van der Waals surface area contributed by atoms with Crippen molar-refractivity contribution in [3.8, 4) is 0 Å². The number of aliphatic hydroxyl groups is 5. The first kappa shape index (κ1) is 45.4. The Morgan fingerprint density at radius 2 is 1.56 bits per heavy atom. The number of likely N-dealkylation sites (N-methyl/N-ethyl adjacent to an activating group) is 2. The molecule has 0 spiro atoms. The number of cyclic esters (lactones) is 1. The van der Waals surface area contributed by atoms with Crippen LogP contribution in [-0.2, 0) is 33.2 Å². The van der Waals surface area contributed by atoms with Crippen molar-refractivity contribution in [1.29, 1.82) is 0 Å². The molecule has 14 nitrogen and oxygen atoms in total. The molecule has 18 atom stereocenters. The summed E-state index contributed by atoms with van der Waals surface area (Å²) in [4.78, 5) is 18.0. The quantitative estimate of drug-likeness (QED) is 0.238. The van der Waals surface area contributed by atoms with Crippen molar-refractivity contribution >= 4 is 5.97 Å². The van der Waals surface area contributed by atoms with Gasteiger partial charge in [-0.1, -0.05) is 20.8 Å². The van der Waals surface area contributed by atoms with E-state index in [0.29, 0.717) is 13.0 Å². The fraction of sp³-hybridized carbons (Fsp3) is 0.974. The van der Waals surface area contributed by atoms with Crippen LogP contribution in [0.5, 0.6) is 0 Å². The lowest BCUT2D eigenvalue weighted by Gasteiger charge is -2.48. The summed E-state index contributed by atoms with van der Waals surface area (Å²) in [6.07, 6.45) is -8.19. The molecule has 0 amide bonds. The van der Waals surface area contributed by atoms with Gasteiger partial charge in [0, 0.05) is 38.1 Å². The molecule has 0 radical (unpaired) electrons. The number of ether oxygens (including phenoxy) is 6. The van der Waals surface area contributed by atoms with Crippen LogP contribution in [0.2, 0.25) is 0 Å². The van der Waals surface area contributed by atoms with Crippen molar-refractivity contribution in [2.45, 2.75) is 185 Å². The number of aliphatic hydroxyl groups excluding tert-OH is 3. The molecule has 0 saturated carbocycles. The molecule has 0 aliphatic carbocycles. The van der Waals surface area contributed by atoms with E-state index in [2.05, 4.69) is 0 Å². The number of rotatable bonds is 7. The molecule has 2 unspecified atom stereocenters. The summed E-state index contributed by atoms with van der Waals surface area (Å²) in [6.45, 7) is 18.0. The van der Waals surface area contributed by atoms with Crippen LogP contribution in [-0.4, -0.2) is 166 Å². The minimum Gasteiger partial charge on any atom is -0.459 e. The van der Waals surface area contributed by atoms with Crippen molar-refractivity contribution in [3.63, 3.8) is 0 Å². The van der Waals surface area contributed by atoms with Crippen molar-refractivity contribution < 1.29 is 58.7 Å². The van der Waals surface area contributed by atoms with Gasteiger partial charge in [-0.05, 0) is 94.8 Å². The Morgan fingerprint density at radius 1 is 0.942 bits per heavy atom. The van der Waals surface area contributed by atoms with E-state index in [4.69, 9.17) is 28.4 Å². The van der Waals surface area contributed by atoms with Gasteiger partial charge in [-0.2, -0.15) is 0 Å². The lowest BCUT2D eigenvalue weighted by molar-refractivity contribution is -0.318. The highest BCUT2D eigenvalue weighted by atomic mass is 16.7. The predicted molar refractivity (Wildman–Crippen MR) is 194 cm³/mol. The number of nitrogens with zero attached hydrogens (tertiary/aromatic N) is 2. The fourth-order valence-electron chi connectivity index (χ4n) is 8.74. The fourth-order valence-corrected chi connectivity index (χ4v) is 8.74. The highest BCUT2D eigenvalue weighted by molar-refractivity contribution is 5.73. The third-order valence-electron chi connectivity index (χ3n) is 12.2. The summed E-state index contributed by atoms with van der Waals surface area (Å²) in [5.41, 5.74) is -4.37. The second kappa shape index (κ2) is 17.8. The normalized spacial score (nSPS) is 49.6. The molecule has 0 bridgehead atoms. The first-order valence-corrected chi connectivity index (χ1v) is 19.1. The molecule has 0 aromatic heterocycles. The van der Waals surface area contributed by atoms with Crippen molar-refractivity contribution in [3.05, 3.63) is 0 Å². The lowest BCUT2D eigenvalue weighted by atomic mass is 9.77. The van der Waals surface area contributed by atoms with Gasteiger partial charge in [0.2, 0.25) is 0 Å². The second-order valence-electron chi connectivity index (χ2n) is 17.2. The summed E-state index contributed by atoms with van der Waals surface area (Å²) in [6, 6.07) is -0.808. The summed E-state index contributed by atoms with van der Waals surface area (Å²) in [5.74, 6) is -2.58. The van der Waals surface area contributed by atoms with Gasteiger partial charge in [0.25, 0.3) is 0 Å². The van der Waals surface area contributed by atoms with Crippen LogP contribution >= 0.6 is 0 Å². The number of esters is 1. The van der Waals surface area contributed by atoms with Gasteiger partial charge in [0.1, 0.15) is 30.0 Å². The molecule has 306 valence electrons. The number of carbonyl (C=O) groups excluding carboxylic acids is 1. The molecule has 3 fully saturated rings. The molecule has 0 aromatic carbocycles. The Bertz CT molecular complexity index is 1140. The van der Waals surface area contributed by atoms with E-state index in [1.54, 1.807) is 41.5 Å². The first-order chi connectivity index (χ1) is 23.9. The molecule has 3 heterocycles. The summed E-state index contributed by atoms with van der Waals surface area (Å²) in [7, 11) is 7.12.